The molecule has 1 heterocycles. The molecule has 0 unspecified atom stereocenters. The standard InChI is InChI=1S/C7H8N2O/c1-2-9-10-7-4-3-5-8-6-7/h2-6H,1H3. The normalized spacial score (nSPS) is 10.1. The lowest BCUT2D eigenvalue weighted by molar-refractivity contribution is 0.342. The molecule has 1 aromatic heterocycles. The van der Waals surface area contributed by atoms with Crippen molar-refractivity contribution in [1.29, 1.82) is 0 Å². The van der Waals surface area contributed by atoms with Gasteiger partial charge in [-0.05, 0) is 19.1 Å². The molecule has 0 amide bonds. The molecule has 0 aliphatic heterocycles. The number of pyridine rings is 1. The van der Waals surface area contributed by atoms with Crippen LogP contribution in [0.25, 0.3) is 0 Å². The quantitative estimate of drug-likeness (QED) is 0.455. The first-order chi connectivity index (χ1) is 4.93. The van der Waals surface area contributed by atoms with E-state index in [2.05, 4.69) is 10.1 Å². The van der Waals surface area contributed by atoms with Gasteiger partial charge in [0.1, 0.15) is 0 Å². The SMILES string of the molecule is CC=NOc1cccnc1. The van der Waals surface area contributed by atoms with Gasteiger partial charge in [-0.2, -0.15) is 0 Å². The predicted molar refractivity (Wildman–Crippen MR) is 39.0 cm³/mol. The Morgan fingerprint density at radius 3 is 3.20 bits per heavy atom. The smallest absolute Gasteiger partial charge is 0.176 e. The molecule has 0 saturated carbocycles. The van der Waals surface area contributed by atoms with E-state index in [0.717, 1.165) is 0 Å². The molecule has 0 spiro atoms. The summed E-state index contributed by atoms with van der Waals surface area (Å²) >= 11 is 0. The van der Waals surface area contributed by atoms with Crippen molar-refractivity contribution in [2.45, 2.75) is 6.92 Å². The predicted octanol–water partition coefficient (Wildman–Crippen LogP) is 1.47. The maximum absolute atomic E-state index is 4.86. The van der Waals surface area contributed by atoms with Crippen LogP contribution in [0.3, 0.4) is 0 Å². The maximum atomic E-state index is 4.86. The molecule has 0 radical (unpaired) electrons. The van der Waals surface area contributed by atoms with E-state index in [1.807, 2.05) is 0 Å². The highest BCUT2D eigenvalue weighted by Gasteiger charge is 1.85. The second kappa shape index (κ2) is 3.61. The highest BCUT2D eigenvalue weighted by Crippen LogP contribution is 2.05. The topological polar surface area (TPSA) is 34.5 Å². The molecule has 1 aromatic rings. The highest BCUT2D eigenvalue weighted by atomic mass is 16.6. The van der Waals surface area contributed by atoms with Crippen LogP contribution in [0.15, 0.2) is 29.7 Å². The molecule has 52 valence electrons. The fourth-order valence-corrected chi connectivity index (χ4v) is 0.515. The van der Waals surface area contributed by atoms with Crippen molar-refractivity contribution >= 4 is 6.21 Å². The van der Waals surface area contributed by atoms with Crippen LogP contribution in [0.1, 0.15) is 6.92 Å². The molecule has 10 heavy (non-hydrogen) atoms. The van der Waals surface area contributed by atoms with E-state index in [-0.39, 0.29) is 0 Å². The van der Waals surface area contributed by atoms with Crippen LogP contribution in [0.5, 0.6) is 5.75 Å². The van der Waals surface area contributed by atoms with Crippen molar-refractivity contribution in [2.24, 2.45) is 5.16 Å². The summed E-state index contributed by atoms with van der Waals surface area (Å²) in [6.07, 6.45) is 4.86. The molecule has 0 atom stereocenters. The second-order valence-electron chi connectivity index (χ2n) is 1.64. The first kappa shape index (κ1) is 6.74. The van der Waals surface area contributed by atoms with Gasteiger partial charge in [-0.15, -0.1) is 0 Å². The molecule has 0 aromatic carbocycles. The first-order valence-electron chi connectivity index (χ1n) is 2.98. The number of oxime groups is 1. The number of aromatic nitrogens is 1. The first-order valence-corrected chi connectivity index (χ1v) is 2.98. The van der Waals surface area contributed by atoms with E-state index in [9.17, 15) is 0 Å². The molecule has 0 N–H and O–H groups in total. The van der Waals surface area contributed by atoms with Gasteiger partial charge in [0.15, 0.2) is 5.75 Å². The molecule has 3 nitrogen and oxygen atoms in total. The van der Waals surface area contributed by atoms with Gasteiger partial charge in [-0.1, -0.05) is 5.16 Å². The third kappa shape index (κ3) is 1.85. The molecule has 0 saturated heterocycles. The lowest BCUT2D eigenvalue weighted by Crippen LogP contribution is -1.82. The molecule has 0 aliphatic carbocycles. The summed E-state index contributed by atoms with van der Waals surface area (Å²) in [4.78, 5) is 8.70. The third-order valence-corrected chi connectivity index (χ3v) is 0.898. The van der Waals surface area contributed by atoms with Crippen LogP contribution in [0, 0.1) is 0 Å². The maximum Gasteiger partial charge on any atom is 0.176 e. The number of hydrogen-bond donors (Lipinski definition) is 0. The fourth-order valence-electron chi connectivity index (χ4n) is 0.515. The summed E-state index contributed by atoms with van der Waals surface area (Å²) < 4.78 is 0. The minimum Gasteiger partial charge on any atom is -0.356 e. The van der Waals surface area contributed by atoms with E-state index in [0.29, 0.717) is 5.75 Å². The Bertz CT molecular complexity index is 208. The van der Waals surface area contributed by atoms with Crippen LogP contribution < -0.4 is 4.84 Å². The summed E-state index contributed by atoms with van der Waals surface area (Å²) in [5.74, 6) is 0.653. The molecule has 0 bridgehead atoms. The van der Waals surface area contributed by atoms with Crippen LogP contribution >= 0.6 is 0 Å². The van der Waals surface area contributed by atoms with E-state index < -0.39 is 0 Å². The lowest BCUT2D eigenvalue weighted by atomic mass is 10.5. The zero-order chi connectivity index (χ0) is 7.23. The Kier molecular flexibility index (Phi) is 2.43. The minimum absolute atomic E-state index is 0.653. The van der Waals surface area contributed by atoms with Crippen molar-refractivity contribution in [3.05, 3.63) is 24.5 Å². The molecular formula is C7H8N2O. The van der Waals surface area contributed by atoms with Crippen molar-refractivity contribution in [2.75, 3.05) is 0 Å². The number of hydrogen-bond acceptors (Lipinski definition) is 3. The fraction of sp³-hybridized carbons (Fsp3) is 0.143. The van der Waals surface area contributed by atoms with E-state index in [4.69, 9.17) is 4.84 Å². The largest absolute Gasteiger partial charge is 0.356 e. The van der Waals surface area contributed by atoms with Crippen LogP contribution in [-0.2, 0) is 0 Å². The van der Waals surface area contributed by atoms with Gasteiger partial charge in [0.05, 0.1) is 6.20 Å². The second-order valence-corrected chi connectivity index (χ2v) is 1.64. The zero-order valence-corrected chi connectivity index (χ0v) is 5.69. The Balaban J connectivity index is 2.59. The molecule has 0 fully saturated rings. The third-order valence-electron chi connectivity index (χ3n) is 0.898. The summed E-state index contributed by atoms with van der Waals surface area (Å²) in [6.45, 7) is 1.79. The zero-order valence-electron chi connectivity index (χ0n) is 5.69. The summed E-state index contributed by atoms with van der Waals surface area (Å²) in [7, 11) is 0. The van der Waals surface area contributed by atoms with Crippen molar-refractivity contribution < 1.29 is 4.84 Å². The van der Waals surface area contributed by atoms with E-state index in [1.165, 1.54) is 0 Å². The number of nitrogens with zero attached hydrogens (tertiary/aromatic N) is 2. The highest BCUT2D eigenvalue weighted by molar-refractivity contribution is 5.52. The van der Waals surface area contributed by atoms with Crippen LogP contribution in [0.4, 0.5) is 0 Å². The summed E-state index contributed by atoms with van der Waals surface area (Å²) in [5, 5.41) is 3.58. The van der Waals surface area contributed by atoms with E-state index in [1.54, 1.807) is 37.7 Å². The number of rotatable bonds is 2. The van der Waals surface area contributed by atoms with E-state index >= 15 is 0 Å². The minimum atomic E-state index is 0.653. The van der Waals surface area contributed by atoms with Crippen molar-refractivity contribution in [1.82, 2.24) is 4.98 Å². The van der Waals surface area contributed by atoms with Crippen LogP contribution in [0.2, 0.25) is 0 Å². The summed E-state index contributed by atoms with van der Waals surface area (Å²) in [5.41, 5.74) is 0. The van der Waals surface area contributed by atoms with Crippen molar-refractivity contribution in [3.8, 4) is 5.75 Å². The van der Waals surface area contributed by atoms with Gasteiger partial charge in [0, 0.05) is 12.4 Å². The van der Waals surface area contributed by atoms with Gasteiger partial charge in [-0.25, -0.2) is 0 Å². The van der Waals surface area contributed by atoms with Gasteiger partial charge < -0.3 is 4.84 Å². The van der Waals surface area contributed by atoms with Gasteiger partial charge in [0.2, 0.25) is 0 Å². The Labute approximate surface area is 59.3 Å². The molecule has 3 heteroatoms. The van der Waals surface area contributed by atoms with Crippen LogP contribution in [-0.4, -0.2) is 11.2 Å². The van der Waals surface area contributed by atoms with Gasteiger partial charge in [-0.3, -0.25) is 4.98 Å². The molecule has 0 aliphatic rings. The van der Waals surface area contributed by atoms with Gasteiger partial charge >= 0.3 is 0 Å². The van der Waals surface area contributed by atoms with Gasteiger partial charge in [0.25, 0.3) is 0 Å². The molecular weight excluding hydrogens is 128 g/mol. The Morgan fingerprint density at radius 2 is 2.60 bits per heavy atom. The molecule has 1 rings (SSSR count). The average molecular weight is 136 g/mol. The Morgan fingerprint density at radius 1 is 1.70 bits per heavy atom. The average Bonchev–Trinajstić information content (AvgIpc) is 2.03. The summed E-state index contributed by atoms with van der Waals surface area (Å²) in [6, 6.07) is 3.58. The lowest BCUT2D eigenvalue weighted by Gasteiger charge is -1.93. The Hall–Kier alpha value is -1.38. The monoisotopic (exact) mass is 136 g/mol. The van der Waals surface area contributed by atoms with Crippen molar-refractivity contribution in [3.63, 3.8) is 0 Å².